The van der Waals surface area contributed by atoms with Gasteiger partial charge in [-0.25, -0.2) is 4.39 Å². The molecule has 4 rings (SSSR count). The van der Waals surface area contributed by atoms with Crippen molar-refractivity contribution in [3.63, 3.8) is 0 Å². The van der Waals surface area contributed by atoms with E-state index in [0.717, 1.165) is 11.3 Å². The van der Waals surface area contributed by atoms with Crippen LogP contribution in [0.4, 0.5) is 15.8 Å². The van der Waals surface area contributed by atoms with Crippen LogP contribution in [0.15, 0.2) is 60.9 Å². The van der Waals surface area contributed by atoms with Crippen LogP contribution in [0.25, 0.3) is 0 Å². The molecule has 10 heteroatoms. The molecule has 0 aliphatic rings. The van der Waals surface area contributed by atoms with Gasteiger partial charge in [0.25, 0.3) is 11.8 Å². The number of halogens is 1. The molecule has 4 aromatic rings. The van der Waals surface area contributed by atoms with Crippen LogP contribution in [0.1, 0.15) is 39.0 Å². The van der Waals surface area contributed by atoms with Crippen molar-refractivity contribution >= 4 is 23.2 Å². The third-order valence-electron chi connectivity index (χ3n) is 5.52. The van der Waals surface area contributed by atoms with Gasteiger partial charge in [0.2, 0.25) is 0 Å². The monoisotopic (exact) mass is 476 g/mol. The fraction of sp³-hybridized carbons (Fsp3) is 0.200. The zero-order valence-electron chi connectivity index (χ0n) is 19.6. The Morgan fingerprint density at radius 1 is 0.943 bits per heavy atom. The van der Waals surface area contributed by atoms with Gasteiger partial charge in [0.1, 0.15) is 23.9 Å². The van der Waals surface area contributed by atoms with E-state index in [1.54, 1.807) is 54.3 Å². The second kappa shape index (κ2) is 10.2. The summed E-state index contributed by atoms with van der Waals surface area (Å²) < 4.78 is 21.8. The summed E-state index contributed by atoms with van der Waals surface area (Å²) in [6.07, 6.45) is 3.02. The number of hydrogen-bond acceptors (Lipinski definition) is 5. The number of carbonyl (C=O) groups is 2. The van der Waals surface area contributed by atoms with E-state index in [-0.39, 0.29) is 24.0 Å². The Morgan fingerprint density at radius 3 is 2.23 bits per heavy atom. The standard InChI is InChI=1S/C25H25FN6O3/c1-4-32-23(25(34)29-21-13-27-31(3)16(21)2)22(14-28-32)30-24(33)18-7-5-17(6-8-18)15-35-20-11-9-19(26)10-12-20/h5-14H,4,15H2,1-3H3,(H,29,34)(H,30,33). The maximum Gasteiger partial charge on any atom is 0.276 e. The lowest BCUT2D eigenvalue weighted by molar-refractivity contribution is 0.101. The summed E-state index contributed by atoms with van der Waals surface area (Å²) in [7, 11) is 1.78. The van der Waals surface area contributed by atoms with E-state index in [9.17, 15) is 14.0 Å². The molecule has 0 saturated carbocycles. The van der Waals surface area contributed by atoms with Crippen molar-refractivity contribution in [3.05, 3.63) is 89.3 Å². The normalized spacial score (nSPS) is 10.7. The van der Waals surface area contributed by atoms with Gasteiger partial charge < -0.3 is 15.4 Å². The molecule has 0 bridgehead atoms. The number of ether oxygens (including phenoxy) is 1. The minimum Gasteiger partial charge on any atom is -0.489 e. The largest absolute Gasteiger partial charge is 0.489 e. The highest BCUT2D eigenvalue weighted by Crippen LogP contribution is 2.21. The highest BCUT2D eigenvalue weighted by molar-refractivity contribution is 6.11. The quantitative estimate of drug-likeness (QED) is 0.397. The molecular weight excluding hydrogens is 451 g/mol. The van der Waals surface area contributed by atoms with Gasteiger partial charge >= 0.3 is 0 Å². The maximum atomic E-state index is 13.0. The van der Waals surface area contributed by atoms with Crippen LogP contribution < -0.4 is 15.4 Å². The molecule has 35 heavy (non-hydrogen) atoms. The van der Waals surface area contributed by atoms with Crippen molar-refractivity contribution in [1.29, 1.82) is 0 Å². The van der Waals surface area contributed by atoms with Crippen molar-refractivity contribution in [2.75, 3.05) is 10.6 Å². The molecule has 2 heterocycles. The SMILES string of the molecule is CCn1ncc(NC(=O)c2ccc(COc3ccc(F)cc3)cc2)c1C(=O)Nc1cnn(C)c1C. The predicted molar refractivity (Wildman–Crippen MR) is 129 cm³/mol. The number of carbonyl (C=O) groups excluding carboxylic acids is 2. The number of hydrogen-bond donors (Lipinski definition) is 2. The Bertz CT molecular complexity index is 1340. The fourth-order valence-electron chi connectivity index (χ4n) is 3.40. The van der Waals surface area contributed by atoms with Crippen molar-refractivity contribution in [2.24, 2.45) is 7.05 Å². The highest BCUT2D eigenvalue weighted by atomic mass is 19.1. The van der Waals surface area contributed by atoms with Crippen molar-refractivity contribution < 1.29 is 18.7 Å². The topological polar surface area (TPSA) is 103 Å². The van der Waals surface area contributed by atoms with Crippen LogP contribution in [-0.4, -0.2) is 31.4 Å². The lowest BCUT2D eigenvalue weighted by Gasteiger charge is -2.10. The summed E-state index contributed by atoms with van der Waals surface area (Å²) >= 11 is 0. The Hall–Kier alpha value is -4.47. The number of benzene rings is 2. The van der Waals surface area contributed by atoms with Crippen molar-refractivity contribution in [3.8, 4) is 5.75 Å². The molecule has 2 aromatic heterocycles. The van der Waals surface area contributed by atoms with Crippen LogP contribution in [0.3, 0.4) is 0 Å². The van der Waals surface area contributed by atoms with Crippen LogP contribution in [-0.2, 0) is 20.2 Å². The number of nitrogens with one attached hydrogen (secondary N) is 2. The molecule has 2 amide bonds. The molecule has 0 aliphatic carbocycles. The lowest BCUT2D eigenvalue weighted by Crippen LogP contribution is -2.21. The Morgan fingerprint density at radius 2 is 1.60 bits per heavy atom. The summed E-state index contributed by atoms with van der Waals surface area (Å²) in [5.74, 6) is -0.555. The maximum absolute atomic E-state index is 13.0. The molecular formula is C25H25FN6O3. The zero-order chi connectivity index (χ0) is 24.9. The molecule has 0 fully saturated rings. The van der Waals surface area contributed by atoms with Gasteiger partial charge in [0.05, 0.1) is 29.5 Å². The first-order chi connectivity index (χ1) is 16.9. The number of anilines is 2. The molecule has 0 aliphatic heterocycles. The smallest absolute Gasteiger partial charge is 0.276 e. The first kappa shape index (κ1) is 23.7. The molecule has 2 N–H and O–H groups in total. The summed E-state index contributed by atoms with van der Waals surface area (Å²) in [6, 6.07) is 12.6. The minimum absolute atomic E-state index is 0.244. The minimum atomic E-state index is -0.399. The number of aryl methyl sites for hydroxylation is 2. The van der Waals surface area contributed by atoms with Gasteiger partial charge in [-0.2, -0.15) is 10.2 Å². The number of rotatable bonds is 8. The van der Waals surface area contributed by atoms with Gasteiger partial charge in [-0.15, -0.1) is 0 Å². The first-order valence-corrected chi connectivity index (χ1v) is 11.0. The number of nitrogens with zero attached hydrogens (tertiary/aromatic N) is 4. The summed E-state index contributed by atoms with van der Waals surface area (Å²) in [5, 5.41) is 14.0. The first-order valence-electron chi connectivity index (χ1n) is 11.0. The zero-order valence-corrected chi connectivity index (χ0v) is 19.6. The average Bonchev–Trinajstić information content (AvgIpc) is 3.41. The van der Waals surface area contributed by atoms with Gasteiger partial charge in [0.15, 0.2) is 0 Å². The average molecular weight is 477 g/mol. The third-order valence-corrected chi connectivity index (χ3v) is 5.52. The van der Waals surface area contributed by atoms with Gasteiger partial charge in [-0.05, 0) is 55.8 Å². The molecule has 0 unspecified atom stereocenters. The number of aromatic nitrogens is 4. The molecule has 9 nitrogen and oxygen atoms in total. The van der Waals surface area contributed by atoms with Gasteiger partial charge in [-0.1, -0.05) is 12.1 Å². The molecule has 0 saturated heterocycles. The van der Waals surface area contributed by atoms with Crippen LogP contribution >= 0.6 is 0 Å². The Kier molecular flexibility index (Phi) is 6.91. The van der Waals surface area contributed by atoms with E-state index in [2.05, 4.69) is 20.8 Å². The summed E-state index contributed by atoms with van der Waals surface area (Å²) in [5.41, 5.74) is 3.19. The van der Waals surface area contributed by atoms with Crippen LogP contribution in [0, 0.1) is 12.7 Å². The van der Waals surface area contributed by atoms with E-state index in [0.29, 0.717) is 29.2 Å². The van der Waals surface area contributed by atoms with E-state index >= 15 is 0 Å². The third kappa shape index (κ3) is 5.37. The summed E-state index contributed by atoms with van der Waals surface area (Å²) in [4.78, 5) is 25.9. The molecule has 0 radical (unpaired) electrons. The van der Waals surface area contributed by atoms with Crippen LogP contribution in [0.2, 0.25) is 0 Å². The Labute approximate surface area is 201 Å². The molecule has 0 atom stereocenters. The van der Waals surface area contributed by atoms with Gasteiger partial charge in [-0.3, -0.25) is 19.0 Å². The second-order valence-electron chi connectivity index (χ2n) is 7.84. The van der Waals surface area contributed by atoms with E-state index in [1.165, 1.54) is 23.0 Å². The second-order valence-corrected chi connectivity index (χ2v) is 7.84. The van der Waals surface area contributed by atoms with Crippen LogP contribution in [0.5, 0.6) is 5.75 Å². The Balaban J connectivity index is 1.43. The molecule has 2 aromatic carbocycles. The fourth-order valence-corrected chi connectivity index (χ4v) is 3.40. The highest BCUT2D eigenvalue weighted by Gasteiger charge is 2.21. The molecule has 180 valence electrons. The van der Waals surface area contributed by atoms with Crippen molar-refractivity contribution in [1.82, 2.24) is 19.6 Å². The lowest BCUT2D eigenvalue weighted by atomic mass is 10.1. The van der Waals surface area contributed by atoms with E-state index in [4.69, 9.17) is 4.74 Å². The van der Waals surface area contributed by atoms with E-state index < -0.39 is 5.91 Å². The van der Waals surface area contributed by atoms with Gasteiger partial charge in [0, 0.05) is 19.2 Å². The molecule has 0 spiro atoms. The number of amides is 2. The van der Waals surface area contributed by atoms with E-state index in [1.807, 2.05) is 13.8 Å². The predicted octanol–water partition coefficient (Wildman–Crippen LogP) is 4.17. The van der Waals surface area contributed by atoms with Crippen molar-refractivity contribution in [2.45, 2.75) is 27.0 Å². The summed E-state index contributed by atoms with van der Waals surface area (Å²) in [6.45, 7) is 4.43.